The topological polar surface area (TPSA) is 92.5 Å². The first-order valence-corrected chi connectivity index (χ1v) is 8.98. The number of carbonyl (C=O) groups is 3. The summed E-state index contributed by atoms with van der Waals surface area (Å²) >= 11 is 0. The van der Waals surface area contributed by atoms with Gasteiger partial charge in [0.25, 0.3) is 0 Å². The average molecular weight is 341 g/mol. The number of nitrogens with one attached hydrogen (secondary N) is 1. The van der Waals surface area contributed by atoms with Crippen LogP contribution in [0.1, 0.15) is 37.7 Å². The zero-order valence-electron chi connectivity index (χ0n) is 14.3. The molecule has 0 spiro atoms. The number of nitrogens with two attached hydrogens (primary N) is 1. The molecular weight excluding hydrogens is 318 g/mol. The fourth-order valence-corrected chi connectivity index (χ4v) is 4.78. The maximum atomic E-state index is 12.7. The lowest BCUT2D eigenvalue weighted by Gasteiger charge is -2.27. The molecule has 3 amide bonds. The van der Waals surface area contributed by atoms with E-state index in [1.165, 1.54) is 4.90 Å². The molecule has 3 aliphatic rings. The molecule has 4 atom stereocenters. The number of fused-ring (bicyclic) bond motifs is 2. The molecule has 4 rings (SSSR count). The fourth-order valence-electron chi connectivity index (χ4n) is 4.78. The van der Waals surface area contributed by atoms with Crippen molar-refractivity contribution in [2.24, 2.45) is 23.5 Å². The van der Waals surface area contributed by atoms with Gasteiger partial charge in [0.05, 0.1) is 11.6 Å². The summed E-state index contributed by atoms with van der Waals surface area (Å²) in [7, 11) is 0. The minimum atomic E-state index is -0.169. The van der Waals surface area contributed by atoms with Crippen LogP contribution in [0, 0.1) is 24.7 Å². The highest BCUT2D eigenvalue weighted by Crippen LogP contribution is 2.48. The molecule has 1 aliphatic heterocycles. The Bertz CT molecular complexity index is 742. The number of hydrogen-bond acceptors (Lipinski definition) is 4. The maximum Gasteiger partial charge on any atom is 0.234 e. The first kappa shape index (κ1) is 16.3. The Balaban J connectivity index is 1.50. The molecule has 1 aromatic carbocycles. The molecule has 1 aromatic rings. The lowest BCUT2D eigenvalue weighted by Crippen LogP contribution is -2.42. The van der Waals surface area contributed by atoms with Crippen LogP contribution in [0.4, 0.5) is 11.4 Å². The Morgan fingerprint density at radius 3 is 2.44 bits per heavy atom. The van der Waals surface area contributed by atoms with E-state index < -0.39 is 0 Å². The third-order valence-electron chi connectivity index (χ3n) is 6.04. The lowest BCUT2D eigenvalue weighted by atomic mass is 9.84. The molecule has 25 heavy (non-hydrogen) atoms. The van der Waals surface area contributed by atoms with Crippen molar-refractivity contribution in [2.75, 3.05) is 10.2 Å². The number of imide groups is 1. The van der Waals surface area contributed by atoms with Crippen LogP contribution in [0.25, 0.3) is 0 Å². The second-order valence-electron chi connectivity index (χ2n) is 7.55. The number of aryl methyl sites for hydroxylation is 1. The second kappa shape index (κ2) is 5.95. The summed E-state index contributed by atoms with van der Waals surface area (Å²) in [5.74, 6) is 0.425. The van der Waals surface area contributed by atoms with Crippen molar-refractivity contribution in [1.82, 2.24) is 0 Å². The molecule has 6 heteroatoms. The highest BCUT2D eigenvalue weighted by Gasteiger charge is 2.49. The fraction of sp³-hybridized carbons (Fsp3) is 0.526. The smallest absolute Gasteiger partial charge is 0.234 e. The predicted octanol–water partition coefficient (Wildman–Crippen LogP) is 1.96. The number of rotatable bonds is 3. The molecular formula is C19H23N3O3. The minimum Gasteiger partial charge on any atom is -0.327 e. The minimum absolute atomic E-state index is 0.0137. The second-order valence-corrected chi connectivity index (χ2v) is 7.55. The molecule has 0 aromatic heterocycles. The van der Waals surface area contributed by atoms with E-state index in [0.29, 0.717) is 23.2 Å². The van der Waals surface area contributed by atoms with Gasteiger partial charge < -0.3 is 11.1 Å². The van der Waals surface area contributed by atoms with E-state index in [1.807, 2.05) is 13.0 Å². The van der Waals surface area contributed by atoms with Crippen LogP contribution >= 0.6 is 0 Å². The van der Waals surface area contributed by atoms with Crippen molar-refractivity contribution in [3.63, 3.8) is 0 Å². The van der Waals surface area contributed by atoms with Gasteiger partial charge in [-0.3, -0.25) is 19.3 Å². The Kier molecular flexibility index (Phi) is 3.87. The summed E-state index contributed by atoms with van der Waals surface area (Å²) in [5, 5.41) is 2.97. The Morgan fingerprint density at radius 1 is 1.16 bits per heavy atom. The zero-order chi connectivity index (χ0) is 17.7. The van der Waals surface area contributed by atoms with Crippen molar-refractivity contribution < 1.29 is 14.4 Å². The quantitative estimate of drug-likeness (QED) is 0.822. The van der Waals surface area contributed by atoms with Crippen LogP contribution in [-0.2, 0) is 14.4 Å². The van der Waals surface area contributed by atoms with Crippen LogP contribution in [0.2, 0.25) is 0 Å². The van der Waals surface area contributed by atoms with Crippen molar-refractivity contribution >= 4 is 29.1 Å². The van der Waals surface area contributed by atoms with E-state index in [9.17, 15) is 14.4 Å². The summed E-state index contributed by atoms with van der Waals surface area (Å²) in [6, 6.07) is 5.24. The van der Waals surface area contributed by atoms with Crippen molar-refractivity contribution in [3.8, 4) is 0 Å². The molecule has 132 valence electrons. The van der Waals surface area contributed by atoms with Crippen LogP contribution in [0.3, 0.4) is 0 Å². The van der Waals surface area contributed by atoms with Gasteiger partial charge in [-0.05, 0) is 61.8 Å². The highest BCUT2D eigenvalue weighted by atomic mass is 16.2. The third kappa shape index (κ3) is 2.65. The van der Waals surface area contributed by atoms with E-state index in [2.05, 4.69) is 5.32 Å². The zero-order valence-corrected chi connectivity index (χ0v) is 14.3. The SMILES string of the molecule is Cc1cc(NC(=O)C2C3CCC(C3)C2N)ccc1N1C(=O)CCC1=O. The van der Waals surface area contributed by atoms with Gasteiger partial charge in [-0.15, -0.1) is 0 Å². The number of hydrogen-bond donors (Lipinski definition) is 2. The molecule has 0 radical (unpaired) electrons. The molecule has 3 fully saturated rings. The molecule has 4 unspecified atom stereocenters. The van der Waals surface area contributed by atoms with Gasteiger partial charge >= 0.3 is 0 Å². The monoisotopic (exact) mass is 341 g/mol. The number of amides is 3. The lowest BCUT2D eigenvalue weighted by molar-refractivity contribution is -0.122. The van der Waals surface area contributed by atoms with Gasteiger partial charge in [0.1, 0.15) is 0 Å². The van der Waals surface area contributed by atoms with E-state index in [4.69, 9.17) is 5.73 Å². The van der Waals surface area contributed by atoms with Gasteiger partial charge in [-0.25, -0.2) is 0 Å². The van der Waals surface area contributed by atoms with Gasteiger partial charge in [-0.1, -0.05) is 0 Å². The number of carbonyl (C=O) groups excluding carboxylic acids is 3. The van der Waals surface area contributed by atoms with Crippen LogP contribution in [-0.4, -0.2) is 23.8 Å². The van der Waals surface area contributed by atoms with Crippen molar-refractivity contribution in [1.29, 1.82) is 0 Å². The maximum absolute atomic E-state index is 12.7. The normalized spacial score (nSPS) is 31.0. The van der Waals surface area contributed by atoms with E-state index in [0.717, 1.165) is 24.8 Å². The Morgan fingerprint density at radius 2 is 1.84 bits per heavy atom. The number of benzene rings is 1. The van der Waals surface area contributed by atoms with Crippen LogP contribution < -0.4 is 16.0 Å². The van der Waals surface area contributed by atoms with Gasteiger partial charge in [0, 0.05) is 24.6 Å². The predicted molar refractivity (Wildman–Crippen MR) is 93.8 cm³/mol. The third-order valence-corrected chi connectivity index (χ3v) is 6.04. The van der Waals surface area contributed by atoms with Gasteiger partial charge in [0.2, 0.25) is 17.7 Å². The summed E-state index contributed by atoms with van der Waals surface area (Å²) in [6.45, 7) is 1.84. The summed E-state index contributed by atoms with van der Waals surface area (Å²) < 4.78 is 0. The average Bonchev–Trinajstić information content (AvgIpc) is 3.24. The Labute approximate surface area is 146 Å². The summed E-state index contributed by atoms with van der Waals surface area (Å²) in [4.78, 5) is 37.7. The Hall–Kier alpha value is -2.21. The largest absolute Gasteiger partial charge is 0.327 e. The van der Waals surface area contributed by atoms with Gasteiger partial charge in [-0.2, -0.15) is 0 Å². The van der Waals surface area contributed by atoms with Crippen molar-refractivity contribution in [3.05, 3.63) is 23.8 Å². The standard InChI is InChI=1S/C19H23N3O3/c1-10-8-13(4-5-14(10)22-15(23)6-7-16(22)24)21-19(25)17-11-2-3-12(9-11)18(17)20/h4-5,8,11-12,17-18H,2-3,6-7,9,20H2,1H3,(H,21,25). The number of anilines is 2. The van der Waals surface area contributed by atoms with Crippen LogP contribution in [0.15, 0.2) is 18.2 Å². The molecule has 6 nitrogen and oxygen atoms in total. The molecule has 1 saturated heterocycles. The molecule has 2 aliphatic carbocycles. The number of nitrogens with zero attached hydrogens (tertiary/aromatic N) is 1. The molecule has 1 heterocycles. The molecule has 2 saturated carbocycles. The van der Waals surface area contributed by atoms with E-state index in [1.54, 1.807) is 12.1 Å². The highest BCUT2D eigenvalue weighted by molar-refractivity contribution is 6.20. The van der Waals surface area contributed by atoms with E-state index >= 15 is 0 Å². The van der Waals surface area contributed by atoms with Crippen molar-refractivity contribution in [2.45, 2.75) is 45.1 Å². The van der Waals surface area contributed by atoms with E-state index in [-0.39, 0.29) is 42.5 Å². The first-order chi connectivity index (χ1) is 12.0. The van der Waals surface area contributed by atoms with Crippen LogP contribution in [0.5, 0.6) is 0 Å². The first-order valence-electron chi connectivity index (χ1n) is 8.98. The summed E-state index contributed by atoms with van der Waals surface area (Å²) in [6.07, 6.45) is 3.82. The molecule has 2 bridgehead atoms. The summed E-state index contributed by atoms with van der Waals surface area (Å²) in [5.41, 5.74) is 8.31. The van der Waals surface area contributed by atoms with Gasteiger partial charge in [0.15, 0.2) is 0 Å². The molecule has 3 N–H and O–H groups in total.